The molecule has 0 spiro atoms. The van der Waals surface area contributed by atoms with Gasteiger partial charge >= 0.3 is 0 Å². The van der Waals surface area contributed by atoms with Gasteiger partial charge in [0.05, 0.1) is 9.79 Å². The van der Waals surface area contributed by atoms with Gasteiger partial charge in [0.15, 0.2) is 0 Å². The Hall–Kier alpha value is -1.85. The largest absolute Gasteiger partial charge is 0.381 e. The summed E-state index contributed by atoms with van der Waals surface area (Å²) in [5, 5.41) is 3.60. The van der Waals surface area contributed by atoms with Gasteiger partial charge in [0.2, 0.25) is 9.84 Å². The summed E-state index contributed by atoms with van der Waals surface area (Å²) in [4.78, 5) is 3.12. The summed E-state index contributed by atoms with van der Waals surface area (Å²) in [5.41, 5.74) is 3.22. The van der Waals surface area contributed by atoms with Crippen molar-refractivity contribution in [3.8, 4) is 0 Å². The number of anilines is 1. The fourth-order valence-electron chi connectivity index (χ4n) is 4.04. The monoisotopic (exact) mass is 356 g/mol. The third-order valence-corrected chi connectivity index (χ3v) is 7.25. The Morgan fingerprint density at radius 2 is 1.80 bits per heavy atom. The molecule has 1 saturated heterocycles. The highest BCUT2D eigenvalue weighted by atomic mass is 32.2. The molecule has 0 bridgehead atoms. The molecule has 4 nitrogen and oxygen atoms in total. The van der Waals surface area contributed by atoms with Gasteiger partial charge in [0.25, 0.3) is 0 Å². The molecule has 0 aliphatic carbocycles. The molecule has 1 N–H and O–H groups in total. The van der Waals surface area contributed by atoms with E-state index in [1.54, 1.807) is 24.3 Å². The summed E-state index contributed by atoms with van der Waals surface area (Å²) in [5.74, 6) is 0.396. The van der Waals surface area contributed by atoms with Crippen LogP contribution in [0.25, 0.3) is 0 Å². The molecule has 25 heavy (non-hydrogen) atoms. The zero-order valence-corrected chi connectivity index (χ0v) is 15.5. The van der Waals surface area contributed by atoms with Gasteiger partial charge in [-0.15, -0.1) is 0 Å². The number of rotatable bonds is 2. The fraction of sp³-hybridized carbons (Fsp3) is 0.400. The summed E-state index contributed by atoms with van der Waals surface area (Å²) < 4.78 is 26.1. The number of sulfone groups is 1. The summed E-state index contributed by atoms with van der Waals surface area (Å²) >= 11 is 0. The Labute approximate surface area is 149 Å². The number of likely N-dealkylation sites (tertiary alicyclic amines) is 1. The maximum Gasteiger partial charge on any atom is 0.206 e. The van der Waals surface area contributed by atoms with Gasteiger partial charge < -0.3 is 10.2 Å². The second kappa shape index (κ2) is 6.15. The molecule has 0 aromatic heterocycles. The van der Waals surface area contributed by atoms with Crippen LogP contribution >= 0.6 is 0 Å². The number of nitrogens with zero attached hydrogens (tertiary/aromatic N) is 1. The van der Waals surface area contributed by atoms with E-state index in [4.69, 9.17) is 0 Å². The Balaban J connectivity index is 1.73. The Morgan fingerprint density at radius 1 is 1.04 bits per heavy atom. The highest BCUT2D eigenvalue weighted by Gasteiger charge is 2.34. The third kappa shape index (κ3) is 2.96. The van der Waals surface area contributed by atoms with Crippen LogP contribution in [0.1, 0.15) is 29.9 Å². The topological polar surface area (TPSA) is 49.4 Å². The van der Waals surface area contributed by atoms with Crippen molar-refractivity contribution < 1.29 is 8.42 Å². The van der Waals surface area contributed by atoms with Crippen LogP contribution in [0.4, 0.5) is 5.69 Å². The molecule has 1 fully saturated rings. The van der Waals surface area contributed by atoms with Crippen LogP contribution in [0.5, 0.6) is 0 Å². The molecule has 2 atom stereocenters. The van der Waals surface area contributed by atoms with Crippen LogP contribution in [-0.2, 0) is 9.84 Å². The first-order valence-electron chi connectivity index (χ1n) is 8.86. The molecule has 1 unspecified atom stereocenters. The van der Waals surface area contributed by atoms with Crippen LogP contribution in [-0.4, -0.2) is 39.5 Å². The lowest BCUT2D eigenvalue weighted by atomic mass is 9.91. The molecule has 2 aliphatic heterocycles. The van der Waals surface area contributed by atoms with Gasteiger partial charge in [-0.2, -0.15) is 0 Å². The van der Waals surface area contributed by atoms with E-state index in [0.29, 0.717) is 21.8 Å². The second-order valence-corrected chi connectivity index (χ2v) is 9.26. The smallest absolute Gasteiger partial charge is 0.206 e. The Bertz CT molecular complexity index is 908. The molecule has 0 amide bonds. The zero-order valence-electron chi connectivity index (χ0n) is 14.7. The molecule has 4 rings (SSSR count). The van der Waals surface area contributed by atoms with Gasteiger partial charge in [0, 0.05) is 17.6 Å². The zero-order chi connectivity index (χ0) is 17.6. The van der Waals surface area contributed by atoms with Crippen molar-refractivity contribution in [2.75, 3.05) is 25.5 Å². The van der Waals surface area contributed by atoms with Gasteiger partial charge in [-0.3, -0.25) is 0 Å². The van der Waals surface area contributed by atoms with Gasteiger partial charge in [-0.1, -0.05) is 12.1 Å². The SMILES string of the molecule is Cc1cccc(S(=O)(=O)c2ccc3c(c2)[C@@H]2CCN(C)CCC2N3)c1. The molecule has 0 radical (unpaired) electrons. The van der Waals surface area contributed by atoms with E-state index in [2.05, 4.69) is 17.3 Å². The molecular weight excluding hydrogens is 332 g/mol. The molecular formula is C20H24N2O2S. The van der Waals surface area contributed by atoms with Crippen molar-refractivity contribution >= 4 is 15.5 Å². The van der Waals surface area contributed by atoms with Gasteiger partial charge in [-0.25, -0.2) is 8.42 Å². The van der Waals surface area contributed by atoms with Crippen molar-refractivity contribution in [3.63, 3.8) is 0 Å². The molecule has 0 saturated carbocycles. The van der Waals surface area contributed by atoms with Crippen LogP contribution in [0.3, 0.4) is 0 Å². The van der Waals surface area contributed by atoms with E-state index in [0.717, 1.165) is 42.7 Å². The maximum absolute atomic E-state index is 13.0. The predicted molar refractivity (Wildman–Crippen MR) is 100.0 cm³/mol. The molecule has 2 aromatic carbocycles. The van der Waals surface area contributed by atoms with Gasteiger partial charge in [0.1, 0.15) is 0 Å². The summed E-state index contributed by atoms with van der Waals surface area (Å²) in [6, 6.07) is 13.1. The molecule has 5 heteroatoms. The van der Waals surface area contributed by atoms with Crippen LogP contribution in [0.15, 0.2) is 52.3 Å². The Morgan fingerprint density at radius 3 is 2.60 bits per heavy atom. The Kier molecular flexibility index (Phi) is 4.08. The number of benzene rings is 2. The molecule has 2 heterocycles. The first kappa shape index (κ1) is 16.6. The minimum Gasteiger partial charge on any atom is -0.381 e. The average Bonchev–Trinajstić information content (AvgIpc) is 2.84. The minimum atomic E-state index is -3.48. The number of aryl methyl sites for hydroxylation is 1. The molecule has 132 valence electrons. The van der Waals surface area contributed by atoms with Crippen molar-refractivity contribution in [2.45, 2.75) is 41.5 Å². The fourth-order valence-corrected chi connectivity index (χ4v) is 5.44. The van der Waals surface area contributed by atoms with Crippen molar-refractivity contribution in [2.24, 2.45) is 0 Å². The van der Waals surface area contributed by atoms with Crippen LogP contribution in [0, 0.1) is 6.92 Å². The average molecular weight is 356 g/mol. The lowest BCUT2D eigenvalue weighted by Gasteiger charge is -2.16. The predicted octanol–water partition coefficient (Wildman–Crippen LogP) is 3.43. The molecule has 2 aromatic rings. The van der Waals surface area contributed by atoms with Crippen molar-refractivity contribution in [1.82, 2.24) is 4.90 Å². The standard InChI is InChI=1S/C20H24N2O2S/c1-14-4-3-5-15(12-14)25(23,24)16-6-7-19-18(13-16)17-8-10-22(2)11-9-20(17)21-19/h3-7,12-13,17,20-21H,8-11H2,1-2H3/t17-,20?/m0/s1. The number of hydrogen-bond donors (Lipinski definition) is 1. The molecule has 2 aliphatic rings. The van der Waals surface area contributed by atoms with E-state index < -0.39 is 9.84 Å². The number of nitrogens with one attached hydrogen (secondary N) is 1. The van der Waals surface area contributed by atoms with E-state index >= 15 is 0 Å². The second-order valence-electron chi connectivity index (χ2n) is 7.31. The normalized spacial score (nSPS) is 23.4. The third-order valence-electron chi connectivity index (χ3n) is 5.50. The lowest BCUT2D eigenvalue weighted by molar-refractivity contribution is 0.346. The first-order valence-corrected chi connectivity index (χ1v) is 10.3. The number of fused-ring (bicyclic) bond motifs is 3. The highest BCUT2D eigenvalue weighted by Crippen LogP contribution is 2.42. The van der Waals surface area contributed by atoms with Crippen molar-refractivity contribution in [3.05, 3.63) is 53.6 Å². The lowest BCUT2D eigenvalue weighted by Crippen LogP contribution is -2.22. The highest BCUT2D eigenvalue weighted by molar-refractivity contribution is 7.91. The summed E-state index contributed by atoms with van der Waals surface area (Å²) in [7, 11) is -1.33. The van der Waals surface area contributed by atoms with Crippen LogP contribution < -0.4 is 5.32 Å². The van der Waals surface area contributed by atoms with E-state index in [9.17, 15) is 8.42 Å². The van der Waals surface area contributed by atoms with Crippen molar-refractivity contribution in [1.29, 1.82) is 0 Å². The van der Waals surface area contributed by atoms with E-state index in [1.165, 1.54) is 0 Å². The quantitative estimate of drug-likeness (QED) is 0.896. The number of hydrogen-bond acceptors (Lipinski definition) is 4. The van der Waals surface area contributed by atoms with E-state index in [1.807, 2.05) is 25.1 Å². The van der Waals surface area contributed by atoms with Crippen LogP contribution in [0.2, 0.25) is 0 Å². The summed E-state index contributed by atoms with van der Waals surface area (Å²) in [6.45, 7) is 4.05. The first-order chi connectivity index (χ1) is 11.9. The van der Waals surface area contributed by atoms with E-state index in [-0.39, 0.29) is 0 Å². The maximum atomic E-state index is 13.0. The van der Waals surface area contributed by atoms with Gasteiger partial charge in [-0.05, 0) is 81.4 Å². The summed E-state index contributed by atoms with van der Waals surface area (Å²) in [6.07, 6.45) is 2.16. The minimum absolute atomic E-state index is 0.371.